The molecule has 1 aliphatic rings. The first kappa shape index (κ1) is 22.0. The summed E-state index contributed by atoms with van der Waals surface area (Å²) in [7, 11) is 3.22. The van der Waals surface area contributed by atoms with Crippen LogP contribution in [0.1, 0.15) is 30.1 Å². The second-order valence-corrected chi connectivity index (χ2v) is 7.75. The Bertz CT molecular complexity index is 1090. The topological polar surface area (TPSA) is 66.0 Å². The minimum absolute atomic E-state index is 0.0920. The molecule has 0 spiro atoms. The van der Waals surface area contributed by atoms with Crippen LogP contribution in [0.3, 0.4) is 0 Å². The van der Waals surface area contributed by atoms with Crippen LogP contribution in [-0.4, -0.2) is 46.0 Å². The molecular formula is C26H29NO5. The van der Waals surface area contributed by atoms with Gasteiger partial charge < -0.3 is 24.3 Å². The van der Waals surface area contributed by atoms with E-state index in [0.717, 1.165) is 47.1 Å². The lowest BCUT2D eigenvalue weighted by Crippen LogP contribution is -2.31. The summed E-state index contributed by atoms with van der Waals surface area (Å²) in [5, 5.41) is 4.90. The molecule has 32 heavy (non-hydrogen) atoms. The summed E-state index contributed by atoms with van der Waals surface area (Å²) in [5.74, 6) is 1.95. The van der Waals surface area contributed by atoms with Crippen LogP contribution in [-0.2, 0) is 4.74 Å². The molecule has 6 heteroatoms. The van der Waals surface area contributed by atoms with Crippen molar-refractivity contribution in [2.24, 2.45) is 0 Å². The van der Waals surface area contributed by atoms with Crippen molar-refractivity contribution < 1.29 is 23.7 Å². The van der Waals surface area contributed by atoms with Crippen molar-refractivity contribution in [1.29, 1.82) is 0 Å². The van der Waals surface area contributed by atoms with Gasteiger partial charge in [0.1, 0.15) is 5.75 Å². The molecule has 1 atom stereocenters. The maximum Gasteiger partial charge on any atom is 0.251 e. The summed E-state index contributed by atoms with van der Waals surface area (Å²) in [6.07, 6.45) is 2.11. The fourth-order valence-corrected chi connectivity index (χ4v) is 4.07. The molecule has 1 fully saturated rings. The van der Waals surface area contributed by atoms with Crippen molar-refractivity contribution in [3.8, 4) is 28.4 Å². The normalized spacial score (nSPS) is 15.5. The van der Waals surface area contributed by atoms with Crippen molar-refractivity contribution in [2.45, 2.75) is 25.9 Å². The molecule has 4 rings (SSSR count). The number of ether oxygens (including phenoxy) is 4. The van der Waals surface area contributed by atoms with Gasteiger partial charge in [-0.1, -0.05) is 12.1 Å². The quantitative estimate of drug-likeness (QED) is 0.549. The Morgan fingerprint density at radius 2 is 1.81 bits per heavy atom. The Balaban J connectivity index is 1.76. The Labute approximate surface area is 188 Å². The fraction of sp³-hybridized carbons (Fsp3) is 0.346. The lowest BCUT2D eigenvalue weighted by Gasteiger charge is -2.16. The number of amides is 1. The van der Waals surface area contributed by atoms with Crippen LogP contribution in [0.2, 0.25) is 0 Å². The molecule has 1 amide bonds. The molecule has 0 aromatic heterocycles. The monoisotopic (exact) mass is 435 g/mol. The van der Waals surface area contributed by atoms with Crippen molar-refractivity contribution in [3.05, 3.63) is 54.1 Å². The van der Waals surface area contributed by atoms with Crippen LogP contribution >= 0.6 is 0 Å². The van der Waals surface area contributed by atoms with Crippen molar-refractivity contribution in [1.82, 2.24) is 5.32 Å². The van der Waals surface area contributed by atoms with Crippen LogP contribution in [0.5, 0.6) is 17.2 Å². The summed E-state index contributed by atoms with van der Waals surface area (Å²) < 4.78 is 22.2. The Morgan fingerprint density at radius 1 is 1.06 bits per heavy atom. The zero-order chi connectivity index (χ0) is 22.5. The summed E-state index contributed by atoms with van der Waals surface area (Å²) in [6, 6.07) is 15.6. The lowest BCUT2D eigenvalue weighted by atomic mass is 9.94. The summed E-state index contributed by atoms with van der Waals surface area (Å²) >= 11 is 0. The first-order valence-electron chi connectivity index (χ1n) is 11.0. The van der Waals surface area contributed by atoms with E-state index in [1.165, 1.54) is 0 Å². The van der Waals surface area contributed by atoms with Crippen LogP contribution in [0, 0.1) is 0 Å². The predicted molar refractivity (Wildman–Crippen MR) is 125 cm³/mol. The number of carbonyl (C=O) groups excluding carboxylic acids is 1. The first-order valence-corrected chi connectivity index (χ1v) is 11.0. The summed E-state index contributed by atoms with van der Waals surface area (Å²) in [5.41, 5.74) is 2.51. The number of nitrogens with one attached hydrogen (secondary N) is 1. The largest absolute Gasteiger partial charge is 0.494 e. The number of hydrogen-bond donors (Lipinski definition) is 1. The van der Waals surface area contributed by atoms with E-state index in [9.17, 15) is 4.79 Å². The molecule has 3 aromatic rings. The molecule has 3 aromatic carbocycles. The number of rotatable bonds is 8. The smallest absolute Gasteiger partial charge is 0.251 e. The summed E-state index contributed by atoms with van der Waals surface area (Å²) in [4.78, 5) is 13.0. The number of methoxy groups -OCH3 is 2. The zero-order valence-corrected chi connectivity index (χ0v) is 18.8. The first-order chi connectivity index (χ1) is 15.6. The highest BCUT2D eigenvalue weighted by molar-refractivity contribution is 6.05. The van der Waals surface area contributed by atoms with E-state index in [4.69, 9.17) is 18.9 Å². The second-order valence-electron chi connectivity index (χ2n) is 7.75. The van der Waals surface area contributed by atoms with E-state index in [2.05, 4.69) is 5.32 Å². The van der Waals surface area contributed by atoms with Crippen LogP contribution < -0.4 is 19.5 Å². The number of benzene rings is 3. The molecule has 6 nitrogen and oxygen atoms in total. The van der Waals surface area contributed by atoms with Crippen LogP contribution in [0.15, 0.2) is 48.5 Å². The van der Waals surface area contributed by atoms with E-state index in [0.29, 0.717) is 30.2 Å². The Morgan fingerprint density at radius 3 is 2.47 bits per heavy atom. The van der Waals surface area contributed by atoms with Gasteiger partial charge in [-0.3, -0.25) is 4.79 Å². The highest BCUT2D eigenvalue weighted by atomic mass is 16.5. The van der Waals surface area contributed by atoms with Gasteiger partial charge in [-0.2, -0.15) is 0 Å². The van der Waals surface area contributed by atoms with Crippen LogP contribution in [0.25, 0.3) is 21.9 Å². The van der Waals surface area contributed by atoms with Gasteiger partial charge in [-0.05, 0) is 78.1 Å². The van der Waals surface area contributed by atoms with E-state index in [1.807, 2.05) is 55.5 Å². The average molecular weight is 436 g/mol. The van der Waals surface area contributed by atoms with Crippen molar-refractivity contribution in [3.63, 3.8) is 0 Å². The Kier molecular flexibility index (Phi) is 6.81. The van der Waals surface area contributed by atoms with E-state index in [-0.39, 0.29) is 12.0 Å². The standard InChI is InChI=1S/C26H29NO5/c1-4-31-20-9-7-17(8-10-20)22-13-19(26(28)27-16-21-6-5-11-32-21)12-18-14-24(29-2)25(30-3)15-23(18)22/h7-10,12-15,21H,4-6,11,16H2,1-3H3,(H,27,28)/t21-/m1/s1. The van der Waals surface area contributed by atoms with Gasteiger partial charge in [-0.25, -0.2) is 0 Å². The van der Waals surface area contributed by atoms with Crippen molar-refractivity contribution in [2.75, 3.05) is 34.0 Å². The minimum Gasteiger partial charge on any atom is -0.494 e. The third-order valence-electron chi connectivity index (χ3n) is 5.71. The molecule has 0 aliphatic carbocycles. The molecule has 0 bridgehead atoms. The fourth-order valence-electron chi connectivity index (χ4n) is 4.07. The SMILES string of the molecule is CCOc1ccc(-c2cc(C(=O)NC[C@H]3CCCO3)cc3cc(OC)c(OC)cc23)cc1. The van der Waals surface area contributed by atoms with Gasteiger partial charge in [0.15, 0.2) is 11.5 Å². The van der Waals surface area contributed by atoms with Crippen molar-refractivity contribution >= 4 is 16.7 Å². The molecule has 1 aliphatic heterocycles. The predicted octanol–water partition coefficient (Wildman–Crippen LogP) is 4.83. The van der Waals surface area contributed by atoms with E-state index < -0.39 is 0 Å². The molecule has 1 N–H and O–H groups in total. The molecule has 168 valence electrons. The molecule has 0 unspecified atom stereocenters. The van der Waals surface area contributed by atoms with E-state index >= 15 is 0 Å². The third-order valence-corrected chi connectivity index (χ3v) is 5.71. The number of hydrogen-bond acceptors (Lipinski definition) is 5. The molecule has 0 saturated carbocycles. The third kappa shape index (κ3) is 4.65. The van der Waals surface area contributed by atoms with Gasteiger partial charge >= 0.3 is 0 Å². The van der Waals surface area contributed by atoms with E-state index in [1.54, 1.807) is 14.2 Å². The number of fused-ring (bicyclic) bond motifs is 1. The number of carbonyl (C=O) groups is 1. The second kappa shape index (κ2) is 9.92. The average Bonchev–Trinajstić information content (AvgIpc) is 3.35. The van der Waals surface area contributed by atoms with Gasteiger partial charge in [0.2, 0.25) is 0 Å². The van der Waals surface area contributed by atoms with Gasteiger partial charge in [0.25, 0.3) is 5.91 Å². The van der Waals surface area contributed by atoms with Crippen LogP contribution in [0.4, 0.5) is 0 Å². The molecule has 1 heterocycles. The molecule has 0 radical (unpaired) electrons. The maximum absolute atomic E-state index is 13.0. The van der Waals surface area contributed by atoms with Gasteiger partial charge in [0, 0.05) is 18.7 Å². The summed E-state index contributed by atoms with van der Waals surface area (Å²) in [6.45, 7) is 3.85. The highest BCUT2D eigenvalue weighted by Crippen LogP contribution is 2.38. The minimum atomic E-state index is -0.121. The highest BCUT2D eigenvalue weighted by Gasteiger charge is 2.19. The Hall–Kier alpha value is -3.25. The van der Waals surface area contributed by atoms with Gasteiger partial charge in [0.05, 0.1) is 26.9 Å². The van der Waals surface area contributed by atoms with Gasteiger partial charge in [-0.15, -0.1) is 0 Å². The molecular weight excluding hydrogens is 406 g/mol. The lowest BCUT2D eigenvalue weighted by molar-refractivity contribution is 0.0858. The maximum atomic E-state index is 13.0. The molecule has 1 saturated heterocycles. The zero-order valence-electron chi connectivity index (χ0n) is 18.8.